The van der Waals surface area contributed by atoms with E-state index in [1.165, 1.54) is 25.7 Å². The quantitative estimate of drug-likeness (QED) is 0.161. The summed E-state index contributed by atoms with van der Waals surface area (Å²) in [4.78, 5) is 15.4. The first-order chi connectivity index (χ1) is 30.7. The SMILES string of the molecule is c1ccc(-c2nc(-c3ccc(-c4ccc5c(c4)sc4ccccc45)cc3)nc(-c3cccc(-c4c(-c5ccccc5)nn5c(-c6ccccc6)cc6ccccc6c45)c3)n2)cc1. The minimum atomic E-state index is 0.600. The van der Waals surface area contributed by atoms with Crippen molar-refractivity contribution < 1.29 is 0 Å². The molecule has 0 saturated heterocycles. The lowest BCUT2D eigenvalue weighted by molar-refractivity contribution is 0.979. The van der Waals surface area contributed by atoms with Gasteiger partial charge in [0.15, 0.2) is 17.5 Å². The minimum absolute atomic E-state index is 0.600. The fourth-order valence-electron chi connectivity index (χ4n) is 8.66. The molecular formula is C56H35N5S. The van der Waals surface area contributed by atoms with Gasteiger partial charge in [-0.15, -0.1) is 11.3 Å². The summed E-state index contributed by atoms with van der Waals surface area (Å²) in [5.41, 5.74) is 12.3. The zero-order chi connectivity index (χ0) is 41.0. The predicted octanol–water partition coefficient (Wildman–Crippen LogP) is 14.7. The summed E-state index contributed by atoms with van der Waals surface area (Å²) < 4.78 is 4.72. The number of rotatable bonds is 7. The molecule has 4 aromatic heterocycles. The van der Waals surface area contributed by atoms with Crippen LogP contribution in [-0.4, -0.2) is 24.6 Å². The highest BCUT2D eigenvalue weighted by Gasteiger charge is 2.22. The number of benzene rings is 8. The second-order valence-electron chi connectivity index (χ2n) is 15.5. The van der Waals surface area contributed by atoms with Crippen molar-refractivity contribution in [3.8, 4) is 78.9 Å². The van der Waals surface area contributed by atoms with Crippen molar-refractivity contribution in [3.05, 3.63) is 212 Å². The van der Waals surface area contributed by atoms with Gasteiger partial charge in [-0.1, -0.05) is 188 Å². The van der Waals surface area contributed by atoms with Gasteiger partial charge in [0.2, 0.25) is 0 Å². The van der Waals surface area contributed by atoms with Gasteiger partial charge in [0.25, 0.3) is 0 Å². The molecule has 5 nitrogen and oxygen atoms in total. The van der Waals surface area contributed by atoms with Crippen molar-refractivity contribution >= 4 is 47.8 Å². The molecule has 62 heavy (non-hydrogen) atoms. The number of fused-ring (bicyclic) bond motifs is 6. The van der Waals surface area contributed by atoms with E-state index in [1.807, 2.05) is 47.7 Å². The number of hydrogen-bond donors (Lipinski definition) is 0. The van der Waals surface area contributed by atoms with E-state index in [-0.39, 0.29) is 0 Å². The Kier molecular flexibility index (Phi) is 8.61. The van der Waals surface area contributed by atoms with E-state index in [0.717, 1.165) is 72.2 Å². The molecule has 0 bridgehead atoms. The lowest BCUT2D eigenvalue weighted by Crippen LogP contribution is -2.00. The van der Waals surface area contributed by atoms with E-state index in [1.54, 1.807) is 0 Å². The van der Waals surface area contributed by atoms with E-state index in [0.29, 0.717) is 17.5 Å². The molecule has 0 spiro atoms. The van der Waals surface area contributed by atoms with Crippen molar-refractivity contribution in [3.63, 3.8) is 0 Å². The maximum atomic E-state index is 5.43. The van der Waals surface area contributed by atoms with Crippen LogP contribution in [0.25, 0.3) is 115 Å². The molecule has 0 aliphatic rings. The summed E-state index contributed by atoms with van der Waals surface area (Å²) in [6.45, 7) is 0. The Morgan fingerprint density at radius 2 is 0.871 bits per heavy atom. The van der Waals surface area contributed by atoms with Crippen LogP contribution < -0.4 is 0 Å². The lowest BCUT2D eigenvalue weighted by Gasteiger charge is -2.12. The van der Waals surface area contributed by atoms with E-state index in [4.69, 9.17) is 20.1 Å². The number of thiophene rings is 1. The molecule has 0 radical (unpaired) electrons. The van der Waals surface area contributed by atoms with Gasteiger partial charge in [0.05, 0.1) is 11.2 Å². The van der Waals surface area contributed by atoms with Gasteiger partial charge >= 0.3 is 0 Å². The summed E-state index contributed by atoms with van der Waals surface area (Å²) in [5, 5.41) is 10.3. The Bertz CT molecular complexity index is 3610. The molecular weight excluding hydrogens is 775 g/mol. The number of pyridine rings is 1. The van der Waals surface area contributed by atoms with Crippen molar-refractivity contribution in [2.24, 2.45) is 0 Å². The smallest absolute Gasteiger partial charge is 0.164 e. The maximum Gasteiger partial charge on any atom is 0.164 e. The van der Waals surface area contributed by atoms with Gasteiger partial charge in [-0.05, 0) is 46.3 Å². The van der Waals surface area contributed by atoms with Crippen molar-refractivity contribution in [1.29, 1.82) is 0 Å². The topological polar surface area (TPSA) is 56.0 Å². The third-order valence-electron chi connectivity index (χ3n) is 11.7. The van der Waals surface area contributed by atoms with Gasteiger partial charge in [0, 0.05) is 58.9 Å². The van der Waals surface area contributed by atoms with Crippen LogP contribution in [0.5, 0.6) is 0 Å². The van der Waals surface area contributed by atoms with Crippen LogP contribution in [0.2, 0.25) is 0 Å². The molecule has 0 fully saturated rings. The van der Waals surface area contributed by atoms with Crippen LogP contribution in [0.3, 0.4) is 0 Å². The standard InChI is InChI=1S/C56H35N5S/c1-4-15-37(16-5-1)48-34-42-21-10-11-24-45(42)53-51(52(60-61(48)53)38-17-6-2-7-18-38)43-22-14-23-44(33-43)56-58-54(39-19-8-3-9-20-39)57-55(59-56)40-29-27-36(28-30-40)41-31-32-47-46-25-12-13-26-49(46)62-50(47)35-41/h1-35H. The zero-order valence-electron chi connectivity index (χ0n) is 33.4. The molecule has 8 aromatic carbocycles. The third-order valence-corrected chi connectivity index (χ3v) is 12.8. The molecule has 0 saturated carbocycles. The molecule has 6 heteroatoms. The first-order valence-electron chi connectivity index (χ1n) is 20.7. The molecule has 0 N–H and O–H groups in total. The number of hydrogen-bond acceptors (Lipinski definition) is 5. The second kappa shape index (κ2) is 14.9. The molecule has 290 valence electrons. The highest BCUT2D eigenvalue weighted by molar-refractivity contribution is 7.25. The second-order valence-corrected chi connectivity index (χ2v) is 16.6. The van der Waals surface area contributed by atoms with Crippen LogP contribution >= 0.6 is 11.3 Å². The molecule has 0 amide bonds. The average molecular weight is 810 g/mol. The van der Waals surface area contributed by atoms with Crippen molar-refractivity contribution in [2.75, 3.05) is 0 Å². The van der Waals surface area contributed by atoms with Crippen molar-refractivity contribution in [2.45, 2.75) is 0 Å². The van der Waals surface area contributed by atoms with Gasteiger partial charge in [-0.3, -0.25) is 0 Å². The normalized spacial score (nSPS) is 11.5. The first kappa shape index (κ1) is 35.8. The van der Waals surface area contributed by atoms with Crippen LogP contribution in [0.4, 0.5) is 0 Å². The maximum absolute atomic E-state index is 5.43. The van der Waals surface area contributed by atoms with Gasteiger partial charge in [-0.2, -0.15) is 5.10 Å². The van der Waals surface area contributed by atoms with Crippen LogP contribution in [0.1, 0.15) is 0 Å². The number of nitrogens with zero attached hydrogens (tertiary/aromatic N) is 5. The molecule has 12 aromatic rings. The van der Waals surface area contributed by atoms with Gasteiger partial charge < -0.3 is 0 Å². The average Bonchev–Trinajstić information content (AvgIpc) is 3.94. The molecule has 0 aliphatic heterocycles. The molecule has 4 heterocycles. The Labute approximate surface area is 361 Å². The Morgan fingerprint density at radius 3 is 1.61 bits per heavy atom. The van der Waals surface area contributed by atoms with Gasteiger partial charge in [0.1, 0.15) is 5.69 Å². The molecule has 12 rings (SSSR count). The van der Waals surface area contributed by atoms with E-state index in [9.17, 15) is 0 Å². The Balaban J connectivity index is 1.01. The third kappa shape index (κ3) is 6.24. The monoisotopic (exact) mass is 809 g/mol. The largest absolute Gasteiger partial charge is 0.231 e. The van der Waals surface area contributed by atoms with Gasteiger partial charge in [-0.25, -0.2) is 19.5 Å². The fourth-order valence-corrected chi connectivity index (χ4v) is 9.80. The summed E-state index contributed by atoms with van der Waals surface area (Å²) in [7, 11) is 0. The molecule has 0 atom stereocenters. The van der Waals surface area contributed by atoms with E-state index in [2.05, 4.69) is 180 Å². The number of aromatic nitrogens is 5. The highest BCUT2D eigenvalue weighted by Crippen LogP contribution is 2.42. The van der Waals surface area contributed by atoms with E-state index >= 15 is 0 Å². The van der Waals surface area contributed by atoms with Crippen molar-refractivity contribution in [1.82, 2.24) is 24.6 Å². The predicted molar refractivity (Wildman–Crippen MR) is 257 cm³/mol. The minimum Gasteiger partial charge on any atom is -0.231 e. The summed E-state index contributed by atoms with van der Waals surface area (Å²) in [5.74, 6) is 1.84. The van der Waals surface area contributed by atoms with Crippen LogP contribution in [-0.2, 0) is 0 Å². The zero-order valence-corrected chi connectivity index (χ0v) is 34.2. The summed E-state index contributed by atoms with van der Waals surface area (Å²) >= 11 is 1.84. The Morgan fingerprint density at radius 1 is 0.339 bits per heavy atom. The van der Waals surface area contributed by atoms with Crippen LogP contribution in [0, 0.1) is 0 Å². The molecule has 0 unspecified atom stereocenters. The highest BCUT2D eigenvalue weighted by atomic mass is 32.1. The summed E-state index contributed by atoms with van der Waals surface area (Å²) in [6.07, 6.45) is 0. The Hall–Kier alpha value is -8.06. The fraction of sp³-hybridized carbons (Fsp3) is 0. The molecule has 0 aliphatic carbocycles. The van der Waals surface area contributed by atoms with E-state index < -0.39 is 0 Å². The lowest BCUT2D eigenvalue weighted by atomic mass is 9.95. The summed E-state index contributed by atoms with van der Waals surface area (Å²) in [6, 6.07) is 74.5. The first-order valence-corrected chi connectivity index (χ1v) is 21.5. The van der Waals surface area contributed by atoms with Crippen LogP contribution in [0.15, 0.2) is 212 Å².